The third kappa shape index (κ3) is 2.85. The summed E-state index contributed by atoms with van der Waals surface area (Å²) in [6.07, 6.45) is 2.23. The van der Waals surface area contributed by atoms with Crippen LogP contribution >= 0.6 is 0 Å². The molecule has 2 aliphatic rings. The van der Waals surface area contributed by atoms with Gasteiger partial charge in [-0.15, -0.1) is 0 Å². The molecule has 4 aromatic rings. The summed E-state index contributed by atoms with van der Waals surface area (Å²) >= 11 is 0. The molecule has 1 saturated heterocycles. The van der Waals surface area contributed by atoms with Crippen LogP contribution in [0.5, 0.6) is 11.5 Å². The molecule has 2 N–H and O–H groups in total. The molecule has 6 rings (SSSR count). The molecule has 0 aliphatic carbocycles. The Labute approximate surface area is 172 Å². The number of ether oxygens (including phenoxy) is 2. The van der Waals surface area contributed by atoms with E-state index in [1.165, 1.54) is 10.5 Å². The van der Waals surface area contributed by atoms with Crippen LogP contribution in [0.2, 0.25) is 0 Å². The molecule has 0 saturated carbocycles. The van der Waals surface area contributed by atoms with E-state index in [-0.39, 0.29) is 5.56 Å². The Balaban J connectivity index is 1.33. The van der Waals surface area contributed by atoms with Crippen LogP contribution in [0.15, 0.2) is 51.7 Å². The van der Waals surface area contributed by atoms with Crippen LogP contribution < -0.4 is 19.9 Å². The number of H-pyrrole nitrogens is 1. The van der Waals surface area contributed by atoms with Gasteiger partial charge < -0.3 is 23.8 Å². The molecule has 0 spiro atoms. The smallest absolute Gasteiger partial charge is 0.294 e. The van der Waals surface area contributed by atoms with E-state index in [1.807, 2.05) is 30.3 Å². The first kappa shape index (κ1) is 17.5. The van der Waals surface area contributed by atoms with Crippen LogP contribution in [0, 0.1) is 0 Å². The van der Waals surface area contributed by atoms with E-state index in [2.05, 4.69) is 17.1 Å². The zero-order valence-corrected chi connectivity index (χ0v) is 16.4. The van der Waals surface area contributed by atoms with E-state index in [9.17, 15) is 4.79 Å². The predicted octanol–water partition coefficient (Wildman–Crippen LogP) is 2.36. The number of para-hydroxylation sites is 1. The molecule has 2 aromatic heterocycles. The first-order valence-corrected chi connectivity index (χ1v) is 10.4. The maximum absolute atomic E-state index is 12.6. The number of furan rings is 1. The average Bonchev–Trinajstić information content (AvgIpc) is 3.38. The van der Waals surface area contributed by atoms with Crippen molar-refractivity contribution in [2.75, 3.05) is 19.8 Å². The second kappa shape index (κ2) is 6.88. The molecule has 0 amide bonds. The number of rotatable bonds is 3. The summed E-state index contributed by atoms with van der Waals surface area (Å²) in [5.74, 6) is 2.33. The average molecular weight is 404 g/mol. The molecule has 2 aliphatic heterocycles. The van der Waals surface area contributed by atoms with E-state index in [1.54, 1.807) is 0 Å². The molecule has 2 aromatic carbocycles. The lowest BCUT2D eigenvalue weighted by Crippen LogP contribution is -3.09. The lowest BCUT2D eigenvalue weighted by atomic mass is 10.0. The molecule has 7 nitrogen and oxygen atoms in total. The van der Waals surface area contributed by atoms with Gasteiger partial charge >= 0.3 is 0 Å². The van der Waals surface area contributed by atoms with Crippen molar-refractivity contribution in [2.24, 2.45) is 0 Å². The molecule has 152 valence electrons. The summed E-state index contributed by atoms with van der Waals surface area (Å²) in [6, 6.07) is 14.2. The molecule has 30 heavy (non-hydrogen) atoms. The summed E-state index contributed by atoms with van der Waals surface area (Å²) in [5.41, 5.74) is 2.63. The summed E-state index contributed by atoms with van der Waals surface area (Å²) in [5, 5.41) is 0.875. The highest BCUT2D eigenvalue weighted by atomic mass is 16.6. The first-order valence-electron chi connectivity index (χ1n) is 10.4. The van der Waals surface area contributed by atoms with Gasteiger partial charge in [-0.05, 0) is 30.3 Å². The Morgan fingerprint density at radius 2 is 1.97 bits per heavy atom. The van der Waals surface area contributed by atoms with E-state index >= 15 is 0 Å². The fourth-order valence-corrected chi connectivity index (χ4v) is 4.75. The molecule has 1 unspecified atom stereocenters. The van der Waals surface area contributed by atoms with Crippen LogP contribution in [-0.2, 0) is 6.54 Å². The number of aromatic nitrogens is 2. The monoisotopic (exact) mass is 404 g/mol. The normalized spacial score (nSPS) is 20.8. The Bertz CT molecular complexity index is 1310. The second-order valence-electron chi connectivity index (χ2n) is 7.97. The van der Waals surface area contributed by atoms with Crippen LogP contribution in [0.4, 0.5) is 0 Å². The Morgan fingerprint density at radius 1 is 1.10 bits per heavy atom. The van der Waals surface area contributed by atoms with Gasteiger partial charge in [0.05, 0.1) is 6.54 Å². The predicted molar refractivity (Wildman–Crippen MR) is 111 cm³/mol. The largest absolute Gasteiger partial charge is 0.486 e. The van der Waals surface area contributed by atoms with Crippen molar-refractivity contribution < 1.29 is 18.8 Å². The summed E-state index contributed by atoms with van der Waals surface area (Å²) < 4.78 is 17.1. The standard InChI is InChI=1S/C23H21N3O4/c27-23-22-21(15-4-1-2-6-17(15)30-22)24-20(25-23)13-26-9-3-5-16(26)14-7-8-18-19(12-14)29-11-10-28-18/h1-2,4,6-8,12,16H,3,5,9-11,13H2,(H,24,25,27)/p+1/t16-/m1/s1. The van der Waals surface area contributed by atoms with Gasteiger partial charge in [0.25, 0.3) is 5.56 Å². The van der Waals surface area contributed by atoms with Crippen LogP contribution in [-0.4, -0.2) is 29.7 Å². The zero-order valence-electron chi connectivity index (χ0n) is 16.4. The zero-order chi connectivity index (χ0) is 20.1. The van der Waals surface area contributed by atoms with Gasteiger partial charge in [0.1, 0.15) is 36.9 Å². The van der Waals surface area contributed by atoms with Gasteiger partial charge in [-0.2, -0.15) is 0 Å². The number of benzene rings is 2. The van der Waals surface area contributed by atoms with Crippen LogP contribution in [0.3, 0.4) is 0 Å². The second-order valence-corrected chi connectivity index (χ2v) is 7.97. The van der Waals surface area contributed by atoms with Crippen molar-refractivity contribution in [1.82, 2.24) is 9.97 Å². The van der Waals surface area contributed by atoms with Crippen molar-refractivity contribution >= 4 is 22.1 Å². The lowest BCUT2D eigenvalue weighted by Gasteiger charge is -2.24. The minimum Gasteiger partial charge on any atom is -0.486 e. The van der Waals surface area contributed by atoms with Gasteiger partial charge in [-0.1, -0.05) is 12.1 Å². The quantitative estimate of drug-likeness (QED) is 0.548. The van der Waals surface area contributed by atoms with Gasteiger partial charge in [-0.25, -0.2) is 4.98 Å². The Morgan fingerprint density at radius 3 is 2.90 bits per heavy atom. The lowest BCUT2D eigenvalue weighted by molar-refractivity contribution is -0.932. The van der Waals surface area contributed by atoms with Crippen molar-refractivity contribution in [3.8, 4) is 11.5 Å². The summed E-state index contributed by atoms with van der Waals surface area (Å²) in [4.78, 5) is 21.7. The number of hydrogen-bond donors (Lipinski definition) is 2. The van der Waals surface area contributed by atoms with E-state index < -0.39 is 0 Å². The molecule has 4 heterocycles. The fourth-order valence-electron chi connectivity index (χ4n) is 4.75. The maximum Gasteiger partial charge on any atom is 0.294 e. The van der Waals surface area contributed by atoms with Gasteiger partial charge in [0.15, 0.2) is 17.3 Å². The van der Waals surface area contributed by atoms with Crippen molar-refractivity contribution in [3.05, 3.63) is 64.2 Å². The summed E-state index contributed by atoms with van der Waals surface area (Å²) in [6.45, 7) is 2.87. The molecule has 0 bridgehead atoms. The fraction of sp³-hybridized carbons (Fsp3) is 0.304. The summed E-state index contributed by atoms with van der Waals surface area (Å²) in [7, 11) is 0. The molecular formula is C23H22N3O4+. The van der Waals surface area contributed by atoms with Crippen LogP contribution in [0.1, 0.15) is 30.3 Å². The van der Waals surface area contributed by atoms with Crippen molar-refractivity contribution in [1.29, 1.82) is 0 Å². The molecular weight excluding hydrogens is 382 g/mol. The minimum atomic E-state index is -0.222. The Kier molecular flexibility index (Phi) is 4.02. The maximum atomic E-state index is 12.6. The van der Waals surface area contributed by atoms with Crippen molar-refractivity contribution in [2.45, 2.75) is 25.4 Å². The van der Waals surface area contributed by atoms with Crippen LogP contribution in [0.25, 0.3) is 22.1 Å². The number of nitrogens with zero attached hydrogens (tertiary/aromatic N) is 1. The topological polar surface area (TPSA) is 81.8 Å². The SMILES string of the molecule is O=c1[nH]c(C[NH+]2CCC[C@@H]2c2ccc3c(c2)OCCO3)nc2c1oc1ccccc12. The van der Waals surface area contributed by atoms with E-state index in [0.29, 0.717) is 48.3 Å². The Hall–Kier alpha value is -3.32. The first-order chi connectivity index (χ1) is 14.8. The molecule has 2 atom stereocenters. The van der Waals surface area contributed by atoms with E-state index in [0.717, 1.165) is 36.3 Å². The number of aromatic amines is 1. The third-order valence-corrected chi connectivity index (χ3v) is 6.13. The van der Waals surface area contributed by atoms with Gasteiger partial charge in [0.2, 0.25) is 5.58 Å². The highest BCUT2D eigenvalue weighted by Crippen LogP contribution is 2.33. The van der Waals surface area contributed by atoms with E-state index in [4.69, 9.17) is 18.9 Å². The highest BCUT2D eigenvalue weighted by molar-refractivity contribution is 6.01. The molecule has 0 radical (unpaired) electrons. The number of likely N-dealkylation sites (tertiary alicyclic amines) is 1. The van der Waals surface area contributed by atoms with Gasteiger partial charge in [0, 0.05) is 23.8 Å². The number of nitrogens with one attached hydrogen (secondary N) is 2. The highest BCUT2D eigenvalue weighted by Gasteiger charge is 2.32. The minimum absolute atomic E-state index is 0.222. The number of quaternary nitrogens is 1. The van der Waals surface area contributed by atoms with Gasteiger partial charge in [-0.3, -0.25) is 4.79 Å². The third-order valence-electron chi connectivity index (χ3n) is 6.13. The molecule has 1 fully saturated rings. The number of fused-ring (bicyclic) bond motifs is 4. The molecule has 7 heteroatoms. The number of hydrogen-bond acceptors (Lipinski definition) is 5. The van der Waals surface area contributed by atoms with Crippen molar-refractivity contribution in [3.63, 3.8) is 0 Å².